The summed E-state index contributed by atoms with van der Waals surface area (Å²) >= 11 is 0.992. The van der Waals surface area contributed by atoms with Crippen molar-refractivity contribution in [3.63, 3.8) is 0 Å². The number of carbonyl (C=O) groups is 2. The summed E-state index contributed by atoms with van der Waals surface area (Å²) in [5.41, 5.74) is 4.26. The number of hydrogen-bond acceptors (Lipinski definition) is 7. The number of nitrogens with zero attached hydrogens (tertiary/aromatic N) is 2. The molecule has 0 aliphatic rings. The van der Waals surface area contributed by atoms with E-state index in [1.54, 1.807) is 37.4 Å². The summed E-state index contributed by atoms with van der Waals surface area (Å²) < 4.78 is 11.5. The van der Waals surface area contributed by atoms with E-state index in [4.69, 9.17) is 9.47 Å². The Kier molecular flexibility index (Phi) is 6.90. The fourth-order valence-electron chi connectivity index (χ4n) is 3.02. The molecule has 1 N–H and O–H groups in total. The molecule has 0 atom stereocenters. The normalized spacial score (nSPS) is 11.3. The number of hydrogen-bond donors (Lipinski definition) is 1. The molecule has 0 aliphatic heterocycles. The predicted octanol–water partition coefficient (Wildman–Crippen LogP) is 1.69. The number of methoxy groups -OCH3 is 1. The number of aromatic amines is 1. The maximum Gasteiger partial charge on any atom is 0.352 e. The van der Waals surface area contributed by atoms with Crippen LogP contribution in [0, 0.1) is 11.3 Å². The van der Waals surface area contributed by atoms with E-state index < -0.39 is 11.9 Å². The molecule has 0 saturated heterocycles. The minimum Gasteiger partial charge on any atom is -0.465 e. The van der Waals surface area contributed by atoms with Gasteiger partial charge in [-0.05, 0) is 25.1 Å². The van der Waals surface area contributed by atoms with Crippen LogP contribution in [0.2, 0.25) is 0 Å². The number of fused-ring (bicyclic) bond motifs is 1. The van der Waals surface area contributed by atoms with Gasteiger partial charge in [-0.2, -0.15) is 5.26 Å². The molecule has 0 unspecified atom stereocenters. The van der Waals surface area contributed by atoms with Gasteiger partial charge < -0.3 is 14.5 Å². The maximum absolute atomic E-state index is 12.8. The third-order valence-corrected chi connectivity index (χ3v) is 5.67. The molecule has 3 rings (SSSR count). The van der Waals surface area contributed by atoms with Gasteiger partial charge in [0, 0.05) is 29.2 Å². The van der Waals surface area contributed by atoms with Crippen LogP contribution in [0.25, 0.3) is 28.3 Å². The molecule has 162 valence electrons. The smallest absolute Gasteiger partial charge is 0.352 e. The van der Waals surface area contributed by atoms with Crippen LogP contribution in [0.15, 0.2) is 41.8 Å². The predicted molar refractivity (Wildman–Crippen MR) is 121 cm³/mol. The van der Waals surface area contributed by atoms with E-state index in [0.29, 0.717) is 5.56 Å². The Labute approximate surface area is 186 Å². The molecule has 9 heteroatoms. The van der Waals surface area contributed by atoms with E-state index in [1.165, 1.54) is 17.8 Å². The van der Waals surface area contributed by atoms with Gasteiger partial charge in [-0.25, -0.2) is 9.59 Å². The Bertz CT molecular complexity index is 1480. The first-order valence-electron chi connectivity index (χ1n) is 9.53. The van der Waals surface area contributed by atoms with E-state index in [-0.39, 0.29) is 33.5 Å². The van der Waals surface area contributed by atoms with E-state index in [1.807, 2.05) is 6.07 Å². The molecule has 32 heavy (non-hydrogen) atoms. The van der Waals surface area contributed by atoms with Crippen molar-refractivity contribution >= 4 is 51.6 Å². The molecule has 0 spiro atoms. The number of H-pyrrole nitrogens is 1. The zero-order chi connectivity index (χ0) is 23.3. The average molecular weight is 449 g/mol. The monoisotopic (exact) mass is 449 g/mol. The molecular formula is C23H19N3O5S. The van der Waals surface area contributed by atoms with Crippen molar-refractivity contribution in [1.29, 1.82) is 5.26 Å². The quantitative estimate of drug-likeness (QED) is 0.453. The highest BCUT2D eigenvalue weighted by Crippen LogP contribution is 2.21. The van der Waals surface area contributed by atoms with Gasteiger partial charge in [0.05, 0.1) is 12.7 Å². The molecule has 0 bridgehead atoms. The van der Waals surface area contributed by atoms with Crippen LogP contribution in [0.4, 0.5) is 0 Å². The fraction of sp³-hybridized carbons (Fsp3) is 0.174. The Morgan fingerprint density at radius 2 is 2.16 bits per heavy atom. The topological polar surface area (TPSA) is 114 Å². The van der Waals surface area contributed by atoms with Gasteiger partial charge in [0.2, 0.25) is 0 Å². The second-order valence-electron chi connectivity index (χ2n) is 6.44. The van der Waals surface area contributed by atoms with Crippen molar-refractivity contribution in [2.24, 2.45) is 0 Å². The largest absolute Gasteiger partial charge is 0.465 e. The standard InChI is InChI=1S/C23H19N3O5S/c1-4-10-31-23(29)17(12-24)21-26(5-2)20(27)19(32-21)9-7-15-13-25-18-11-14(22(28)30-3)6-8-16(15)18/h4,6-8,11,13,25H,1,5,10H2,2-3H3/b21-17-. The molecule has 1 aromatic carbocycles. The summed E-state index contributed by atoms with van der Waals surface area (Å²) in [7, 11) is 1.32. The summed E-state index contributed by atoms with van der Waals surface area (Å²) in [4.78, 5) is 39.8. The summed E-state index contributed by atoms with van der Waals surface area (Å²) in [6.07, 6.45) is 4.76. The number of rotatable bonds is 6. The van der Waals surface area contributed by atoms with Crippen molar-refractivity contribution in [2.75, 3.05) is 13.7 Å². The Balaban J connectivity index is 2.16. The van der Waals surface area contributed by atoms with Crippen LogP contribution < -0.4 is 14.8 Å². The third kappa shape index (κ3) is 4.32. The molecule has 3 aromatic rings. The van der Waals surface area contributed by atoms with Crippen molar-refractivity contribution in [3.05, 3.63) is 67.7 Å². The molecule has 0 fully saturated rings. The number of aromatic nitrogens is 2. The second-order valence-corrected chi connectivity index (χ2v) is 7.44. The number of thiazole rings is 1. The average Bonchev–Trinajstić information content (AvgIpc) is 3.35. The van der Waals surface area contributed by atoms with E-state index in [9.17, 15) is 19.6 Å². The summed E-state index contributed by atoms with van der Waals surface area (Å²) in [5, 5.41) is 10.3. The van der Waals surface area contributed by atoms with Crippen LogP contribution in [-0.4, -0.2) is 35.2 Å². The van der Waals surface area contributed by atoms with Gasteiger partial charge in [-0.15, -0.1) is 11.3 Å². The SMILES string of the molecule is C=CCOC(=O)/C(C#N)=c1\sc(=C=Cc2c[nH]c3cc(C(=O)OC)ccc23)c(=O)n1CC. The Hall–Kier alpha value is -4.12. The first-order valence-corrected chi connectivity index (χ1v) is 10.3. The lowest BCUT2D eigenvalue weighted by Crippen LogP contribution is -2.32. The number of carbonyl (C=O) groups excluding carboxylic acids is 2. The first kappa shape index (κ1) is 22.6. The molecule has 2 aromatic heterocycles. The lowest BCUT2D eigenvalue weighted by atomic mass is 10.1. The summed E-state index contributed by atoms with van der Waals surface area (Å²) in [5.74, 6) is -1.25. The van der Waals surface area contributed by atoms with Gasteiger partial charge in [-0.1, -0.05) is 24.5 Å². The number of nitriles is 1. The highest BCUT2D eigenvalue weighted by atomic mass is 32.1. The minimum atomic E-state index is -0.815. The van der Waals surface area contributed by atoms with E-state index in [0.717, 1.165) is 27.8 Å². The lowest BCUT2D eigenvalue weighted by molar-refractivity contribution is -0.135. The molecule has 8 nitrogen and oxygen atoms in total. The summed E-state index contributed by atoms with van der Waals surface area (Å²) in [6.45, 7) is 5.45. The number of benzene rings is 1. The number of ether oxygens (including phenoxy) is 2. The van der Waals surface area contributed by atoms with Crippen LogP contribution in [0.5, 0.6) is 0 Å². The molecule has 0 saturated carbocycles. The van der Waals surface area contributed by atoms with Gasteiger partial charge in [0.15, 0.2) is 5.57 Å². The van der Waals surface area contributed by atoms with Gasteiger partial charge >= 0.3 is 11.9 Å². The molecule has 0 radical (unpaired) electrons. The first-order chi connectivity index (χ1) is 15.4. The van der Waals surface area contributed by atoms with Gasteiger partial charge in [0.25, 0.3) is 5.56 Å². The third-order valence-electron chi connectivity index (χ3n) is 4.56. The highest BCUT2D eigenvalue weighted by molar-refractivity contribution is 7.07. The second kappa shape index (κ2) is 9.79. The summed E-state index contributed by atoms with van der Waals surface area (Å²) in [6, 6.07) is 6.93. The van der Waals surface area contributed by atoms with Crippen molar-refractivity contribution in [3.8, 4) is 6.07 Å². The zero-order valence-electron chi connectivity index (χ0n) is 17.4. The Morgan fingerprint density at radius 1 is 1.38 bits per heavy atom. The van der Waals surface area contributed by atoms with Gasteiger partial charge in [-0.3, -0.25) is 9.36 Å². The van der Waals surface area contributed by atoms with Crippen LogP contribution in [-0.2, 0) is 20.8 Å². The van der Waals surface area contributed by atoms with E-state index in [2.05, 4.69) is 17.3 Å². The van der Waals surface area contributed by atoms with Crippen LogP contribution in [0.1, 0.15) is 22.8 Å². The molecule has 0 amide bonds. The number of nitrogens with one attached hydrogen (secondary N) is 1. The van der Waals surface area contributed by atoms with Crippen LogP contribution in [0.3, 0.4) is 0 Å². The molecular weight excluding hydrogens is 430 g/mol. The fourth-order valence-corrected chi connectivity index (χ4v) is 4.08. The lowest BCUT2D eigenvalue weighted by Gasteiger charge is -2.00. The minimum absolute atomic E-state index is 0.0388. The van der Waals surface area contributed by atoms with E-state index >= 15 is 0 Å². The Morgan fingerprint density at radius 3 is 2.81 bits per heavy atom. The number of esters is 2. The zero-order valence-corrected chi connectivity index (χ0v) is 18.2. The van der Waals surface area contributed by atoms with Crippen molar-refractivity contribution in [1.82, 2.24) is 9.55 Å². The van der Waals surface area contributed by atoms with Crippen molar-refractivity contribution in [2.45, 2.75) is 13.5 Å². The molecule has 2 heterocycles. The van der Waals surface area contributed by atoms with Crippen molar-refractivity contribution < 1.29 is 19.1 Å². The van der Waals surface area contributed by atoms with Crippen LogP contribution >= 0.6 is 11.3 Å². The molecule has 0 aliphatic carbocycles. The highest BCUT2D eigenvalue weighted by Gasteiger charge is 2.16. The maximum atomic E-state index is 12.8. The van der Waals surface area contributed by atoms with Gasteiger partial charge in [0.1, 0.15) is 21.9 Å².